The van der Waals surface area contributed by atoms with Crippen molar-refractivity contribution in [2.45, 2.75) is 0 Å². The van der Waals surface area contributed by atoms with Crippen molar-refractivity contribution in [2.24, 2.45) is 5.11 Å². The second-order valence-electron chi connectivity index (χ2n) is 1.79. The van der Waals surface area contributed by atoms with Gasteiger partial charge in [-0.1, -0.05) is 22.8 Å². The van der Waals surface area contributed by atoms with Gasteiger partial charge in [-0.3, -0.25) is 0 Å². The highest BCUT2D eigenvalue weighted by atomic mass is 79.9. The van der Waals surface area contributed by atoms with Crippen molar-refractivity contribution in [1.29, 1.82) is 0 Å². The fraction of sp³-hybridized carbons (Fsp3) is 0. The van der Waals surface area contributed by atoms with Crippen LogP contribution in [0.4, 0.5) is 5.69 Å². The molecule has 0 amide bonds. The van der Waals surface area contributed by atoms with Crippen LogP contribution in [-0.2, 0) is 0 Å². The minimum atomic E-state index is 0.515. The van der Waals surface area contributed by atoms with Gasteiger partial charge in [-0.15, -0.1) is 0 Å². The second-order valence-corrected chi connectivity index (χ2v) is 3.05. The molecule has 0 bridgehead atoms. The van der Waals surface area contributed by atoms with Crippen LogP contribution < -0.4 is 0 Å². The molecule has 0 radical (unpaired) electrons. The van der Waals surface area contributed by atoms with Crippen LogP contribution in [0.3, 0.4) is 0 Å². The van der Waals surface area contributed by atoms with Gasteiger partial charge in [-0.25, -0.2) is 0 Å². The van der Waals surface area contributed by atoms with Gasteiger partial charge >= 0.3 is 0 Å². The Labute approximate surface area is 76.7 Å². The van der Waals surface area contributed by atoms with E-state index in [1.54, 1.807) is 18.2 Å². The van der Waals surface area contributed by atoms with Gasteiger partial charge in [0.1, 0.15) is 0 Å². The topological polar surface area (TPSA) is 48.8 Å². The smallest absolute Gasteiger partial charge is 0.0552 e. The SMILES string of the molecule is [N-]=[N+]=Nc1ccc(Br)c(Cl)c1. The van der Waals surface area contributed by atoms with Gasteiger partial charge in [-0.05, 0) is 33.6 Å². The predicted octanol–water partition coefficient (Wildman–Crippen LogP) is 4.04. The molecule has 0 unspecified atom stereocenters. The average Bonchev–Trinajstić information content (AvgIpc) is 1.98. The molecule has 0 N–H and O–H groups in total. The Morgan fingerprint density at radius 3 is 2.82 bits per heavy atom. The molecule has 0 aliphatic carbocycles. The quantitative estimate of drug-likeness (QED) is 0.398. The Morgan fingerprint density at radius 2 is 2.27 bits per heavy atom. The summed E-state index contributed by atoms with van der Waals surface area (Å²) < 4.78 is 0.788. The van der Waals surface area contributed by atoms with Crippen LogP contribution in [0.5, 0.6) is 0 Å². The van der Waals surface area contributed by atoms with Gasteiger partial charge in [-0.2, -0.15) is 0 Å². The van der Waals surface area contributed by atoms with E-state index < -0.39 is 0 Å². The normalized spacial score (nSPS) is 8.91. The fourth-order valence-electron chi connectivity index (χ4n) is 0.599. The minimum Gasteiger partial charge on any atom is -0.0831 e. The van der Waals surface area contributed by atoms with Gasteiger partial charge < -0.3 is 0 Å². The molecule has 0 aliphatic rings. The summed E-state index contributed by atoms with van der Waals surface area (Å²) in [5, 5.41) is 3.92. The Kier molecular flexibility index (Phi) is 2.76. The van der Waals surface area contributed by atoms with Gasteiger partial charge in [0.25, 0.3) is 0 Å². The first-order chi connectivity index (χ1) is 5.24. The van der Waals surface area contributed by atoms with Crippen LogP contribution in [0.15, 0.2) is 27.8 Å². The lowest BCUT2D eigenvalue weighted by molar-refractivity contribution is 1.47. The summed E-state index contributed by atoms with van der Waals surface area (Å²) in [6, 6.07) is 4.99. The summed E-state index contributed by atoms with van der Waals surface area (Å²) >= 11 is 8.93. The summed E-state index contributed by atoms with van der Waals surface area (Å²) in [5.41, 5.74) is 8.60. The first kappa shape index (κ1) is 8.40. The van der Waals surface area contributed by atoms with Crippen molar-refractivity contribution in [3.8, 4) is 0 Å². The molecule has 0 spiro atoms. The molecule has 0 heterocycles. The number of hydrogen-bond donors (Lipinski definition) is 0. The van der Waals surface area contributed by atoms with E-state index in [4.69, 9.17) is 17.1 Å². The van der Waals surface area contributed by atoms with Crippen molar-refractivity contribution in [3.05, 3.63) is 38.1 Å². The molecule has 0 aliphatic heterocycles. The number of rotatable bonds is 1. The summed E-state index contributed by atoms with van der Waals surface area (Å²) in [7, 11) is 0. The Morgan fingerprint density at radius 1 is 1.55 bits per heavy atom. The van der Waals surface area contributed by atoms with E-state index in [0.29, 0.717) is 10.7 Å². The lowest BCUT2D eigenvalue weighted by Gasteiger charge is -1.94. The van der Waals surface area contributed by atoms with E-state index in [9.17, 15) is 0 Å². The van der Waals surface area contributed by atoms with Crippen LogP contribution in [0.25, 0.3) is 10.4 Å². The van der Waals surface area contributed by atoms with Crippen molar-refractivity contribution >= 4 is 33.2 Å². The number of azide groups is 1. The standard InChI is InChI=1S/C6H3BrClN3/c7-5-2-1-4(10-11-9)3-6(5)8/h1-3H. The molecule has 1 aromatic carbocycles. The highest BCUT2D eigenvalue weighted by Crippen LogP contribution is 2.26. The number of nitrogens with zero attached hydrogens (tertiary/aromatic N) is 3. The molecule has 0 saturated heterocycles. The maximum atomic E-state index is 8.08. The van der Waals surface area contributed by atoms with E-state index in [2.05, 4.69) is 26.0 Å². The predicted molar refractivity (Wildman–Crippen MR) is 48.0 cm³/mol. The number of halogens is 2. The molecule has 3 nitrogen and oxygen atoms in total. The van der Waals surface area contributed by atoms with Crippen molar-refractivity contribution in [3.63, 3.8) is 0 Å². The van der Waals surface area contributed by atoms with Crippen LogP contribution in [0, 0.1) is 0 Å². The first-order valence-electron chi connectivity index (χ1n) is 2.74. The van der Waals surface area contributed by atoms with E-state index in [-0.39, 0.29) is 0 Å². The average molecular weight is 232 g/mol. The van der Waals surface area contributed by atoms with Gasteiger partial charge in [0, 0.05) is 15.1 Å². The van der Waals surface area contributed by atoms with Crippen molar-refractivity contribution < 1.29 is 0 Å². The fourth-order valence-corrected chi connectivity index (χ4v) is 1.02. The maximum absolute atomic E-state index is 8.08. The molecular weight excluding hydrogens is 229 g/mol. The minimum absolute atomic E-state index is 0.515. The summed E-state index contributed by atoms with van der Waals surface area (Å²) in [6.45, 7) is 0. The largest absolute Gasteiger partial charge is 0.0831 e. The molecule has 56 valence electrons. The summed E-state index contributed by atoms with van der Waals surface area (Å²) in [6.07, 6.45) is 0. The van der Waals surface area contributed by atoms with Gasteiger partial charge in [0.15, 0.2) is 0 Å². The lowest BCUT2D eigenvalue weighted by Crippen LogP contribution is -1.66. The van der Waals surface area contributed by atoms with Crippen LogP contribution in [0.2, 0.25) is 5.02 Å². The molecule has 0 saturated carbocycles. The maximum Gasteiger partial charge on any atom is 0.0552 e. The third kappa shape index (κ3) is 2.12. The van der Waals surface area contributed by atoms with Gasteiger partial charge in [0.2, 0.25) is 0 Å². The molecule has 11 heavy (non-hydrogen) atoms. The van der Waals surface area contributed by atoms with E-state index >= 15 is 0 Å². The number of benzene rings is 1. The van der Waals surface area contributed by atoms with Crippen LogP contribution >= 0.6 is 27.5 Å². The molecule has 0 atom stereocenters. The Hall–Kier alpha value is -0.700. The highest BCUT2D eigenvalue weighted by Gasteiger charge is 1.95. The van der Waals surface area contributed by atoms with Crippen LogP contribution in [0.1, 0.15) is 0 Å². The third-order valence-electron chi connectivity index (χ3n) is 1.06. The monoisotopic (exact) mass is 231 g/mol. The molecule has 0 aromatic heterocycles. The van der Waals surface area contributed by atoms with Crippen molar-refractivity contribution in [1.82, 2.24) is 0 Å². The van der Waals surface area contributed by atoms with Crippen molar-refractivity contribution in [2.75, 3.05) is 0 Å². The zero-order valence-corrected chi connectivity index (χ0v) is 7.67. The Bertz CT molecular complexity index is 320. The third-order valence-corrected chi connectivity index (χ3v) is 2.30. The summed E-state index contributed by atoms with van der Waals surface area (Å²) in [5.74, 6) is 0. The van der Waals surface area contributed by atoms with E-state index in [0.717, 1.165) is 4.47 Å². The lowest BCUT2D eigenvalue weighted by atomic mass is 10.3. The number of hydrogen-bond acceptors (Lipinski definition) is 1. The van der Waals surface area contributed by atoms with E-state index in [1.807, 2.05) is 0 Å². The molecule has 1 aromatic rings. The van der Waals surface area contributed by atoms with Crippen LogP contribution in [-0.4, -0.2) is 0 Å². The van der Waals surface area contributed by atoms with Gasteiger partial charge in [0.05, 0.1) is 5.02 Å². The molecule has 0 fully saturated rings. The molecule has 1 rings (SSSR count). The first-order valence-corrected chi connectivity index (χ1v) is 3.91. The molecule has 5 heteroatoms. The highest BCUT2D eigenvalue weighted by molar-refractivity contribution is 9.10. The van der Waals surface area contributed by atoms with E-state index in [1.165, 1.54) is 0 Å². The zero-order valence-electron chi connectivity index (χ0n) is 5.33. The Balaban J connectivity index is 3.14. The second kappa shape index (κ2) is 3.62. The summed E-state index contributed by atoms with van der Waals surface area (Å²) in [4.78, 5) is 2.63. The molecular formula is C6H3BrClN3. The zero-order chi connectivity index (χ0) is 8.27.